The van der Waals surface area contributed by atoms with Gasteiger partial charge in [-0.25, -0.2) is 0 Å². The molecule has 0 radical (unpaired) electrons. The van der Waals surface area contributed by atoms with E-state index >= 15 is 0 Å². The average Bonchev–Trinajstić information content (AvgIpc) is 3.38. The van der Waals surface area contributed by atoms with Gasteiger partial charge in [0.05, 0.1) is 12.8 Å². The number of likely N-dealkylation sites (tertiary alicyclic amines) is 1. The lowest BCUT2D eigenvalue weighted by Crippen LogP contribution is -2.53. The molecule has 2 aliphatic carbocycles. The predicted octanol–water partition coefficient (Wildman–Crippen LogP) is 3.49. The number of hydrogen-bond donors (Lipinski definition) is 0. The van der Waals surface area contributed by atoms with Crippen LogP contribution in [0.3, 0.4) is 0 Å². The molecule has 2 bridgehead atoms. The quantitative estimate of drug-likeness (QED) is 0.727. The van der Waals surface area contributed by atoms with E-state index in [1.807, 2.05) is 0 Å². The van der Waals surface area contributed by atoms with E-state index in [2.05, 4.69) is 51.1 Å². The van der Waals surface area contributed by atoms with Crippen LogP contribution in [0.25, 0.3) is 0 Å². The number of piperazine rings is 1. The molecule has 4 aliphatic rings. The molecule has 1 aromatic rings. The molecule has 5 rings (SSSR count). The molecule has 3 atom stereocenters. The standard InChI is InChI=1S/C24H35N3O/c1-28-24-5-3-2-4-23(24)27-14-12-26(13-15-27)22-8-10-25(11-9-22)18-21-17-19-6-7-20(21)16-19/h2-7,19-22H,8-18H2,1H3. The van der Waals surface area contributed by atoms with Crippen LogP contribution in [0.1, 0.15) is 25.7 Å². The highest BCUT2D eigenvalue weighted by molar-refractivity contribution is 5.58. The number of anilines is 1. The number of nitrogens with zero attached hydrogens (tertiary/aromatic N) is 3. The van der Waals surface area contributed by atoms with Crippen LogP contribution in [0, 0.1) is 17.8 Å². The number of fused-ring (bicyclic) bond motifs is 2. The number of ether oxygens (including phenoxy) is 1. The first kappa shape index (κ1) is 18.5. The maximum atomic E-state index is 5.56. The van der Waals surface area contributed by atoms with Gasteiger partial charge in [-0.2, -0.15) is 0 Å². The molecule has 4 nitrogen and oxygen atoms in total. The Morgan fingerprint density at radius 1 is 0.929 bits per heavy atom. The van der Waals surface area contributed by atoms with Gasteiger partial charge in [0.1, 0.15) is 5.75 Å². The largest absolute Gasteiger partial charge is 0.495 e. The van der Waals surface area contributed by atoms with Crippen molar-refractivity contribution in [1.29, 1.82) is 0 Å². The van der Waals surface area contributed by atoms with Gasteiger partial charge in [-0.05, 0) is 68.7 Å². The molecule has 3 fully saturated rings. The summed E-state index contributed by atoms with van der Waals surface area (Å²) >= 11 is 0. The third kappa shape index (κ3) is 3.69. The fourth-order valence-electron chi connectivity index (χ4n) is 6.12. The lowest BCUT2D eigenvalue weighted by molar-refractivity contribution is 0.0918. The van der Waals surface area contributed by atoms with Crippen molar-refractivity contribution in [3.8, 4) is 5.75 Å². The van der Waals surface area contributed by atoms with Crippen LogP contribution >= 0.6 is 0 Å². The molecule has 2 saturated heterocycles. The molecule has 3 unspecified atom stereocenters. The molecule has 28 heavy (non-hydrogen) atoms. The van der Waals surface area contributed by atoms with Gasteiger partial charge in [-0.15, -0.1) is 0 Å². The summed E-state index contributed by atoms with van der Waals surface area (Å²) in [7, 11) is 1.77. The summed E-state index contributed by atoms with van der Waals surface area (Å²) < 4.78 is 5.56. The zero-order valence-corrected chi connectivity index (χ0v) is 17.3. The maximum absolute atomic E-state index is 5.56. The number of para-hydroxylation sites is 2. The Bertz CT molecular complexity index is 689. The van der Waals surface area contributed by atoms with Gasteiger partial charge >= 0.3 is 0 Å². The van der Waals surface area contributed by atoms with Crippen LogP contribution in [0.5, 0.6) is 5.75 Å². The molecule has 152 valence electrons. The molecule has 0 N–H and O–H groups in total. The first-order valence-corrected chi connectivity index (χ1v) is 11.3. The summed E-state index contributed by atoms with van der Waals surface area (Å²) in [6.45, 7) is 8.53. The molecule has 0 aromatic heterocycles. The Hall–Kier alpha value is -1.52. The Labute approximate surface area is 170 Å². The van der Waals surface area contributed by atoms with Gasteiger partial charge < -0.3 is 14.5 Å². The molecule has 4 heteroatoms. The summed E-state index contributed by atoms with van der Waals surface area (Å²) in [5.74, 6) is 3.74. The zero-order valence-electron chi connectivity index (χ0n) is 17.3. The van der Waals surface area contributed by atoms with Crippen LogP contribution in [-0.2, 0) is 0 Å². The van der Waals surface area contributed by atoms with Crippen molar-refractivity contribution in [3.05, 3.63) is 36.4 Å². The highest BCUT2D eigenvalue weighted by atomic mass is 16.5. The van der Waals surface area contributed by atoms with E-state index in [0.29, 0.717) is 0 Å². The number of benzene rings is 1. The van der Waals surface area contributed by atoms with Crippen LogP contribution in [0.4, 0.5) is 5.69 Å². The molecule has 0 amide bonds. The monoisotopic (exact) mass is 381 g/mol. The van der Waals surface area contributed by atoms with E-state index < -0.39 is 0 Å². The summed E-state index contributed by atoms with van der Waals surface area (Å²) in [6.07, 6.45) is 10.6. The van der Waals surface area contributed by atoms with Crippen molar-refractivity contribution < 1.29 is 4.74 Å². The van der Waals surface area contributed by atoms with Gasteiger partial charge in [0.25, 0.3) is 0 Å². The van der Waals surface area contributed by atoms with Gasteiger partial charge in [0.2, 0.25) is 0 Å². The summed E-state index contributed by atoms with van der Waals surface area (Å²) in [5.41, 5.74) is 1.25. The third-order valence-electron chi connectivity index (χ3n) is 7.72. The maximum Gasteiger partial charge on any atom is 0.142 e. The van der Waals surface area contributed by atoms with Crippen molar-refractivity contribution in [2.75, 3.05) is 57.8 Å². The topological polar surface area (TPSA) is 19.0 Å². The smallest absolute Gasteiger partial charge is 0.142 e. The van der Waals surface area contributed by atoms with Gasteiger partial charge in [-0.1, -0.05) is 24.3 Å². The highest BCUT2D eigenvalue weighted by Gasteiger charge is 2.37. The van der Waals surface area contributed by atoms with Crippen molar-refractivity contribution in [2.45, 2.75) is 31.7 Å². The SMILES string of the molecule is COc1ccccc1N1CCN(C2CCN(CC3CC4C=CC3C4)CC2)CC1. The summed E-state index contributed by atoms with van der Waals surface area (Å²) in [4.78, 5) is 8.01. The van der Waals surface area contributed by atoms with E-state index in [9.17, 15) is 0 Å². The Morgan fingerprint density at radius 3 is 2.39 bits per heavy atom. The first-order valence-electron chi connectivity index (χ1n) is 11.3. The number of methoxy groups -OCH3 is 1. The second-order valence-electron chi connectivity index (χ2n) is 9.27. The fourth-order valence-corrected chi connectivity index (χ4v) is 6.12. The second-order valence-corrected chi connectivity index (χ2v) is 9.27. The zero-order chi connectivity index (χ0) is 18.9. The molecule has 1 saturated carbocycles. The Morgan fingerprint density at radius 2 is 1.71 bits per heavy atom. The van der Waals surface area contributed by atoms with Crippen molar-refractivity contribution in [3.63, 3.8) is 0 Å². The van der Waals surface area contributed by atoms with Crippen LogP contribution < -0.4 is 9.64 Å². The minimum absolute atomic E-state index is 0.788. The number of allylic oxidation sites excluding steroid dienone is 2. The molecular weight excluding hydrogens is 346 g/mol. The lowest BCUT2D eigenvalue weighted by atomic mass is 9.92. The van der Waals surface area contributed by atoms with Crippen molar-refractivity contribution >= 4 is 5.69 Å². The van der Waals surface area contributed by atoms with Crippen LogP contribution in [-0.4, -0.2) is 68.8 Å². The van der Waals surface area contributed by atoms with E-state index in [0.717, 1.165) is 42.6 Å². The molecule has 2 aliphatic heterocycles. The molecule has 2 heterocycles. The normalized spacial score (nSPS) is 31.6. The number of piperidine rings is 1. The Kier molecular flexibility index (Phi) is 5.34. The second kappa shape index (κ2) is 8.08. The fraction of sp³-hybridized carbons (Fsp3) is 0.667. The van der Waals surface area contributed by atoms with E-state index in [1.165, 1.54) is 64.1 Å². The van der Waals surface area contributed by atoms with Gasteiger partial charge in [0.15, 0.2) is 0 Å². The number of hydrogen-bond acceptors (Lipinski definition) is 4. The van der Waals surface area contributed by atoms with Crippen molar-refractivity contribution in [1.82, 2.24) is 9.80 Å². The van der Waals surface area contributed by atoms with Gasteiger partial charge in [-0.3, -0.25) is 4.90 Å². The summed E-state index contributed by atoms with van der Waals surface area (Å²) in [5, 5.41) is 0. The summed E-state index contributed by atoms with van der Waals surface area (Å²) in [6, 6.07) is 9.22. The average molecular weight is 382 g/mol. The van der Waals surface area contributed by atoms with E-state index in [4.69, 9.17) is 4.74 Å². The predicted molar refractivity (Wildman–Crippen MR) is 115 cm³/mol. The molecular formula is C24H35N3O. The lowest BCUT2D eigenvalue weighted by Gasteiger charge is -2.44. The number of rotatable bonds is 5. The van der Waals surface area contributed by atoms with E-state index in [1.54, 1.807) is 7.11 Å². The van der Waals surface area contributed by atoms with E-state index in [-0.39, 0.29) is 0 Å². The third-order valence-corrected chi connectivity index (χ3v) is 7.72. The highest BCUT2D eigenvalue weighted by Crippen LogP contribution is 2.43. The minimum atomic E-state index is 0.788. The first-order chi connectivity index (χ1) is 13.8. The van der Waals surface area contributed by atoms with Gasteiger partial charge in [0, 0.05) is 38.8 Å². The molecule has 1 aromatic carbocycles. The minimum Gasteiger partial charge on any atom is -0.495 e. The van der Waals surface area contributed by atoms with Crippen LogP contribution in [0.2, 0.25) is 0 Å². The van der Waals surface area contributed by atoms with Crippen molar-refractivity contribution in [2.24, 2.45) is 17.8 Å². The van der Waals surface area contributed by atoms with Crippen LogP contribution in [0.15, 0.2) is 36.4 Å². The Balaban J connectivity index is 1.09. The molecule has 0 spiro atoms.